The molecular formula is C11H10N2O2S. The number of anilines is 1. The number of fused-ring (bicyclic) bond motifs is 1. The van der Waals surface area contributed by atoms with Crippen LogP contribution in [-0.2, 0) is 4.79 Å². The van der Waals surface area contributed by atoms with Crippen LogP contribution in [0.25, 0.3) is 10.2 Å². The van der Waals surface area contributed by atoms with E-state index in [1.54, 1.807) is 17.5 Å². The molecule has 1 N–H and O–H groups in total. The molecule has 0 unspecified atom stereocenters. The van der Waals surface area contributed by atoms with Crippen LogP contribution in [0.5, 0.6) is 0 Å². The largest absolute Gasteiger partial charge is 0.481 e. The summed E-state index contributed by atoms with van der Waals surface area (Å²) < 4.78 is 1.14. The van der Waals surface area contributed by atoms with Gasteiger partial charge in [-0.25, -0.2) is 0 Å². The Morgan fingerprint density at radius 2 is 2.31 bits per heavy atom. The van der Waals surface area contributed by atoms with Gasteiger partial charge in [0.05, 0.1) is 21.8 Å². The second-order valence-corrected chi connectivity index (χ2v) is 4.82. The zero-order valence-corrected chi connectivity index (χ0v) is 9.28. The van der Waals surface area contributed by atoms with Crippen LogP contribution in [0, 0.1) is 5.92 Å². The summed E-state index contributed by atoms with van der Waals surface area (Å²) in [5.41, 5.74) is 2.10. The third kappa shape index (κ3) is 1.36. The van der Waals surface area contributed by atoms with E-state index in [1.807, 2.05) is 17.5 Å². The normalized spacial score (nSPS) is 16.4. The summed E-state index contributed by atoms with van der Waals surface area (Å²) in [7, 11) is 0. The van der Waals surface area contributed by atoms with Crippen molar-refractivity contribution < 1.29 is 9.90 Å². The number of nitrogens with zero attached hydrogens (tertiary/aromatic N) is 2. The van der Waals surface area contributed by atoms with Gasteiger partial charge in [-0.2, -0.15) is 0 Å². The first kappa shape index (κ1) is 9.59. The number of hydrogen-bond acceptors (Lipinski definition) is 4. The van der Waals surface area contributed by atoms with E-state index in [0.717, 1.165) is 15.9 Å². The smallest absolute Gasteiger partial charge is 0.310 e. The molecule has 0 bridgehead atoms. The second-order valence-electron chi connectivity index (χ2n) is 3.91. The molecule has 82 valence electrons. The van der Waals surface area contributed by atoms with E-state index in [0.29, 0.717) is 13.1 Å². The summed E-state index contributed by atoms with van der Waals surface area (Å²) in [6.07, 6.45) is 1.78. The van der Waals surface area contributed by atoms with Crippen molar-refractivity contribution in [3.63, 3.8) is 0 Å². The van der Waals surface area contributed by atoms with E-state index < -0.39 is 5.97 Å². The van der Waals surface area contributed by atoms with Gasteiger partial charge in [0.15, 0.2) is 0 Å². The van der Waals surface area contributed by atoms with Gasteiger partial charge in [0.2, 0.25) is 0 Å². The van der Waals surface area contributed by atoms with Crippen molar-refractivity contribution in [2.24, 2.45) is 5.92 Å². The summed E-state index contributed by atoms with van der Waals surface area (Å²) in [4.78, 5) is 17.1. The zero-order valence-electron chi connectivity index (χ0n) is 8.46. The molecule has 4 nitrogen and oxygen atoms in total. The summed E-state index contributed by atoms with van der Waals surface area (Å²) in [6.45, 7) is 1.21. The van der Waals surface area contributed by atoms with Gasteiger partial charge in [-0.3, -0.25) is 9.78 Å². The van der Waals surface area contributed by atoms with Crippen LogP contribution in [0.15, 0.2) is 23.7 Å². The summed E-state index contributed by atoms with van der Waals surface area (Å²) in [6, 6.07) is 3.94. The molecule has 5 heteroatoms. The lowest BCUT2D eigenvalue weighted by Gasteiger charge is -2.38. The van der Waals surface area contributed by atoms with Crippen molar-refractivity contribution >= 4 is 33.2 Å². The minimum Gasteiger partial charge on any atom is -0.481 e. The molecule has 0 spiro atoms. The maximum absolute atomic E-state index is 10.7. The summed E-state index contributed by atoms with van der Waals surface area (Å²) in [5.74, 6) is -0.920. The van der Waals surface area contributed by atoms with Crippen LogP contribution < -0.4 is 4.90 Å². The Morgan fingerprint density at radius 3 is 3.06 bits per heavy atom. The van der Waals surface area contributed by atoms with Crippen molar-refractivity contribution in [3.8, 4) is 0 Å². The van der Waals surface area contributed by atoms with Gasteiger partial charge in [0.25, 0.3) is 0 Å². The van der Waals surface area contributed by atoms with Gasteiger partial charge >= 0.3 is 5.97 Å². The highest BCUT2D eigenvalue weighted by molar-refractivity contribution is 7.17. The number of rotatable bonds is 2. The van der Waals surface area contributed by atoms with Crippen LogP contribution in [0.1, 0.15) is 0 Å². The Bertz CT molecular complexity index is 546. The van der Waals surface area contributed by atoms with E-state index in [4.69, 9.17) is 5.11 Å². The molecule has 3 rings (SSSR count). The fourth-order valence-corrected chi connectivity index (χ4v) is 2.83. The van der Waals surface area contributed by atoms with Crippen molar-refractivity contribution in [3.05, 3.63) is 23.7 Å². The zero-order chi connectivity index (χ0) is 11.1. The maximum atomic E-state index is 10.7. The average molecular weight is 234 g/mol. The summed E-state index contributed by atoms with van der Waals surface area (Å²) >= 11 is 1.65. The number of thiophene rings is 1. The summed E-state index contributed by atoms with van der Waals surface area (Å²) in [5, 5.41) is 10.8. The van der Waals surface area contributed by atoms with Crippen molar-refractivity contribution in [2.75, 3.05) is 18.0 Å². The SMILES string of the molecule is O=C(O)C1CN(c2ccnc3ccsc23)C1. The Kier molecular flexibility index (Phi) is 2.07. The predicted octanol–water partition coefficient (Wildman–Crippen LogP) is 1.82. The second kappa shape index (κ2) is 3.45. The Labute approximate surface area is 96.1 Å². The number of aromatic nitrogens is 1. The van der Waals surface area contributed by atoms with Gasteiger partial charge < -0.3 is 10.0 Å². The van der Waals surface area contributed by atoms with Crippen LogP contribution in [0.2, 0.25) is 0 Å². The predicted molar refractivity (Wildman–Crippen MR) is 63.0 cm³/mol. The van der Waals surface area contributed by atoms with Crippen LogP contribution in [-0.4, -0.2) is 29.1 Å². The maximum Gasteiger partial charge on any atom is 0.310 e. The number of pyridine rings is 1. The van der Waals surface area contributed by atoms with Gasteiger partial charge in [0, 0.05) is 19.3 Å². The monoisotopic (exact) mass is 234 g/mol. The highest BCUT2D eigenvalue weighted by atomic mass is 32.1. The molecule has 1 saturated heterocycles. The number of carboxylic acids is 1. The molecule has 0 aromatic carbocycles. The molecule has 2 aromatic heterocycles. The number of carboxylic acid groups (broad SMARTS) is 1. The fraction of sp³-hybridized carbons (Fsp3) is 0.273. The Balaban J connectivity index is 1.91. The minimum absolute atomic E-state index is 0.219. The van der Waals surface area contributed by atoms with E-state index in [2.05, 4.69) is 9.88 Å². The average Bonchev–Trinajstić information content (AvgIpc) is 2.63. The molecule has 1 aliphatic rings. The number of carbonyl (C=O) groups is 1. The first-order valence-corrected chi connectivity index (χ1v) is 5.93. The highest BCUT2D eigenvalue weighted by Gasteiger charge is 2.33. The minimum atomic E-state index is -0.701. The third-order valence-electron chi connectivity index (χ3n) is 2.89. The third-order valence-corrected chi connectivity index (χ3v) is 3.82. The van der Waals surface area contributed by atoms with Crippen LogP contribution in [0.4, 0.5) is 5.69 Å². The molecule has 0 amide bonds. The van der Waals surface area contributed by atoms with E-state index in [1.165, 1.54) is 0 Å². The van der Waals surface area contributed by atoms with Gasteiger partial charge in [-0.15, -0.1) is 11.3 Å². The van der Waals surface area contributed by atoms with E-state index in [-0.39, 0.29) is 5.92 Å². The first-order valence-electron chi connectivity index (χ1n) is 5.05. The molecule has 0 radical (unpaired) electrons. The van der Waals surface area contributed by atoms with Gasteiger partial charge in [-0.1, -0.05) is 0 Å². The standard InChI is InChI=1S/C11H10N2O2S/c14-11(15)7-5-13(6-7)9-1-3-12-8-2-4-16-10(8)9/h1-4,7H,5-6H2,(H,14,15). The molecule has 0 atom stereocenters. The van der Waals surface area contributed by atoms with E-state index in [9.17, 15) is 4.79 Å². The lowest BCUT2D eigenvalue weighted by Crippen LogP contribution is -2.50. The molecule has 1 aliphatic heterocycles. The lowest BCUT2D eigenvalue weighted by molar-refractivity contribution is -0.142. The first-order chi connectivity index (χ1) is 7.75. The molecule has 16 heavy (non-hydrogen) atoms. The molecule has 0 saturated carbocycles. The molecule has 3 heterocycles. The van der Waals surface area contributed by atoms with Crippen molar-refractivity contribution in [1.82, 2.24) is 4.98 Å². The van der Waals surface area contributed by atoms with Crippen molar-refractivity contribution in [2.45, 2.75) is 0 Å². The molecule has 1 fully saturated rings. The van der Waals surface area contributed by atoms with Crippen LogP contribution in [0.3, 0.4) is 0 Å². The quantitative estimate of drug-likeness (QED) is 0.861. The number of aliphatic carboxylic acids is 1. The lowest BCUT2D eigenvalue weighted by atomic mass is 10.00. The van der Waals surface area contributed by atoms with Gasteiger partial charge in [-0.05, 0) is 17.5 Å². The van der Waals surface area contributed by atoms with Gasteiger partial charge in [0.1, 0.15) is 0 Å². The Hall–Kier alpha value is -1.62. The van der Waals surface area contributed by atoms with Crippen LogP contribution >= 0.6 is 11.3 Å². The topological polar surface area (TPSA) is 53.4 Å². The van der Waals surface area contributed by atoms with Crippen molar-refractivity contribution in [1.29, 1.82) is 0 Å². The molecular weight excluding hydrogens is 224 g/mol. The fourth-order valence-electron chi connectivity index (χ4n) is 1.94. The Morgan fingerprint density at radius 1 is 1.50 bits per heavy atom. The van der Waals surface area contributed by atoms with E-state index >= 15 is 0 Å². The highest BCUT2D eigenvalue weighted by Crippen LogP contribution is 2.33. The number of hydrogen-bond donors (Lipinski definition) is 1. The molecule has 0 aliphatic carbocycles. The molecule has 2 aromatic rings.